The zero-order valence-electron chi connectivity index (χ0n) is 17.9. The first kappa shape index (κ1) is 24.4. The highest BCUT2D eigenvalue weighted by Crippen LogP contribution is 2.18. The Morgan fingerprint density at radius 3 is 2.67 bits per heavy atom. The second-order valence-electron chi connectivity index (χ2n) is 7.54. The molecule has 3 rings (SSSR count). The van der Waals surface area contributed by atoms with E-state index in [9.17, 15) is 4.39 Å². The van der Waals surface area contributed by atoms with Crippen LogP contribution in [0, 0.1) is 12.7 Å². The molecule has 5 nitrogen and oxygen atoms in total. The molecule has 1 saturated heterocycles. The summed E-state index contributed by atoms with van der Waals surface area (Å²) in [6.45, 7) is 7.65. The average Bonchev–Trinajstić information content (AvgIpc) is 2.72. The second kappa shape index (κ2) is 12.7. The Balaban J connectivity index is 0.00000320. The molecule has 30 heavy (non-hydrogen) atoms. The number of anilines is 1. The maximum absolute atomic E-state index is 13.3. The molecule has 0 bridgehead atoms. The first-order chi connectivity index (χ1) is 14.1. The number of aryl methyl sites for hydroxylation is 2. The van der Waals surface area contributed by atoms with E-state index < -0.39 is 0 Å². The SMILES string of the molecule is CCNC(=NCCCc1cccc(F)c1)NC1CCN(c2cccc(C)n2)CC1.I. The van der Waals surface area contributed by atoms with E-state index in [0.29, 0.717) is 6.04 Å². The highest BCUT2D eigenvalue weighted by Gasteiger charge is 2.20. The lowest BCUT2D eigenvalue weighted by molar-refractivity contribution is 0.459. The zero-order chi connectivity index (χ0) is 20.5. The van der Waals surface area contributed by atoms with Gasteiger partial charge in [-0.15, -0.1) is 24.0 Å². The van der Waals surface area contributed by atoms with E-state index in [1.165, 1.54) is 6.07 Å². The molecule has 2 N–H and O–H groups in total. The quantitative estimate of drug-likeness (QED) is 0.245. The summed E-state index contributed by atoms with van der Waals surface area (Å²) < 4.78 is 13.3. The minimum Gasteiger partial charge on any atom is -0.357 e. The van der Waals surface area contributed by atoms with E-state index in [0.717, 1.165) is 74.9 Å². The van der Waals surface area contributed by atoms with Gasteiger partial charge in [0.15, 0.2) is 5.96 Å². The van der Waals surface area contributed by atoms with Crippen LogP contribution >= 0.6 is 24.0 Å². The Kier molecular flexibility index (Phi) is 10.3. The number of guanidine groups is 1. The Morgan fingerprint density at radius 2 is 1.97 bits per heavy atom. The van der Waals surface area contributed by atoms with Crippen molar-refractivity contribution in [3.63, 3.8) is 0 Å². The molecule has 1 fully saturated rings. The highest BCUT2D eigenvalue weighted by molar-refractivity contribution is 14.0. The molecular weight excluding hydrogens is 492 g/mol. The molecule has 2 heterocycles. The number of hydrogen-bond acceptors (Lipinski definition) is 3. The lowest BCUT2D eigenvalue weighted by Crippen LogP contribution is -2.49. The predicted octanol–water partition coefficient (Wildman–Crippen LogP) is 4.30. The van der Waals surface area contributed by atoms with E-state index in [1.54, 1.807) is 12.1 Å². The number of rotatable bonds is 7. The fourth-order valence-corrected chi connectivity index (χ4v) is 3.64. The van der Waals surface area contributed by atoms with E-state index in [2.05, 4.69) is 39.6 Å². The van der Waals surface area contributed by atoms with Crippen molar-refractivity contribution < 1.29 is 4.39 Å². The van der Waals surface area contributed by atoms with E-state index in [-0.39, 0.29) is 29.8 Å². The van der Waals surface area contributed by atoms with Gasteiger partial charge < -0.3 is 15.5 Å². The van der Waals surface area contributed by atoms with Gasteiger partial charge in [0.05, 0.1) is 0 Å². The van der Waals surface area contributed by atoms with Crippen LogP contribution in [-0.2, 0) is 6.42 Å². The Morgan fingerprint density at radius 1 is 1.20 bits per heavy atom. The normalized spacial score (nSPS) is 14.9. The molecule has 0 saturated carbocycles. The molecular formula is C23H33FIN5. The topological polar surface area (TPSA) is 52.6 Å². The Hall–Kier alpha value is -1.90. The van der Waals surface area contributed by atoms with Gasteiger partial charge in [0.2, 0.25) is 0 Å². The number of nitrogens with zero attached hydrogens (tertiary/aromatic N) is 3. The van der Waals surface area contributed by atoms with Gasteiger partial charge in [-0.05, 0) is 69.4 Å². The third-order valence-electron chi connectivity index (χ3n) is 5.16. The molecule has 0 radical (unpaired) electrons. The van der Waals surface area contributed by atoms with Crippen molar-refractivity contribution in [1.82, 2.24) is 15.6 Å². The minimum atomic E-state index is -0.173. The number of nitrogens with one attached hydrogen (secondary N) is 2. The van der Waals surface area contributed by atoms with Crippen molar-refractivity contribution in [2.45, 2.75) is 45.6 Å². The number of hydrogen-bond donors (Lipinski definition) is 2. The van der Waals surface area contributed by atoms with Gasteiger partial charge in [-0.2, -0.15) is 0 Å². The number of aliphatic imine (C=N–C) groups is 1. The Labute approximate surface area is 196 Å². The summed E-state index contributed by atoms with van der Waals surface area (Å²) in [7, 11) is 0. The summed E-state index contributed by atoms with van der Waals surface area (Å²) in [5.41, 5.74) is 2.08. The van der Waals surface area contributed by atoms with Crippen molar-refractivity contribution in [3.05, 3.63) is 59.5 Å². The zero-order valence-corrected chi connectivity index (χ0v) is 20.2. The molecule has 0 amide bonds. The van der Waals surface area contributed by atoms with Crippen LogP contribution < -0.4 is 15.5 Å². The lowest BCUT2D eigenvalue weighted by atomic mass is 10.1. The first-order valence-corrected chi connectivity index (χ1v) is 10.6. The van der Waals surface area contributed by atoms with Crippen molar-refractivity contribution in [2.75, 3.05) is 31.1 Å². The van der Waals surface area contributed by atoms with Gasteiger partial charge in [-0.1, -0.05) is 18.2 Å². The molecule has 0 spiro atoms. The molecule has 1 aliphatic heterocycles. The van der Waals surface area contributed by atoms with Crippen molar-refractivity contribution in [3.8, 4) is 0 Å². The summed E-state index contributed by atoms with van der Waals surface area (Å²) >= 11 is 0. The average molecular weight is 525 g/mol. The number of piperidine rings is 1. The summed E-state index contributed by atoms with van der Waals surface area (Å²) in [5.74, 6) is 1.77. The van der Waals surface area contributed by atoms with Crippen LogP contribution in [0.15, 0.2) is 47.5 Å². The van der Waals surface area contributed by atoms with Crippen molar-refractivity contribution in [1.29, 1.82) is 0 Å². The van der Waals surface area contributed by atoms with E-state index in [4.69, 9.17) is 4.99 Å². The standard InChI is InChI=1S/C23H32FN5.HI/c1-3-25-23(26-14-6-9-19-8-5-10-20(24)17-19)28-21-12-15-29(16-13-21)22-11-4-7-18(2)27-22;/h4-5,7-8,10-11,17,21H,3,6,9,12-16H2,1-2H3,(H2,25,26,28);1H. The summed E-state index contributed by atoms with van der Waals surface area (Å²) in [6, 6.07) is 13.4. The molecule has 1 aromatic carbocycles. The molecule has 2 aromatic rings. The highest BCUT2D eigenvalue weighted by atomic mass is 127. The van der Waals surface area contributed by atoms with Gasteiger partial charge in [-0.3, -0.25) is 4.99 Å². The number of aromatic nitrogens is 1. The fourth-order valence-electron chi connectivity index (χ4n) is 3.64. The molecule has 0 atom stereocenters. The van der Waals surface area contributed by atoms with Gasteiger partial charge in [-0.25, -0.2) is 9.37 Å². The largest absolute Gasteiger partial charge is 0.357 e. The van der Waals surface area contributed by atoms with Gasteiger partial charge in [0.1, 0.15) is 11.6 Å². The lowest BCUT2D eigenvalue weighted by Gasteiger charge is -2.34. The van der Waals surface area contributed by atoms with Crippen LogP contribution in [0.5, 0.6) is 0 Å². The minimum absolute atomic E-state index is 0. The fraction of sp³-hybridized carbons (Fsp3) is 0.478. The molecule has 1 aliphatic rings. The van der Waals surface area contributed by atoms with Crippen LogP contribution in [0.1, 0.15) is 37.4 Å². The molecule has 0 unspecified atom stereocenters. The summed E-state index contributed by atoms with van der Waals surface area (Å²) in [6.07, 6.45) is 3.85. The number of benzene rings is 1. The summed E-state index contributed by atoms with van der Waals surface area (Å²) in [5, 5.41) is 6.92. The van der Waals surface area contributed by atoms with Gasteiger partial charge >= 0.3 is 0 Å². The maximum Gasteiger partial charge on any atom is 0.191 e. The molecule has 0 aliphatic carbocycles. The monoisotopic (exact) mass is 525 g/mol. The third-order valence-corrected chi connectivity index (χ3v) is 5.16. The van der Waals surface area contributed by atoms with Crippen LogP contribution in [0.25, 0.3) is 0 Å². The van der Waals surface area contributed by atoms with Crippen molar-refractivity contribution >= 4 is 35.8 Å². The number of halogens is 2. The second-order valence-corrected chi connectivity index (χ2v) is 7.54. The van der Waals surface area contributed by atoms with E-state index in [1.807, 2.05) is 19.1 Å². The van der Waals surface area contributed by atoms with Crippen LogP contribution in [0.3, 0.4) is 0 Å². The van der Waals surface area contributed by atoms with Crippen LogP contribution in [-0.4, -0.2) is 43.2 Å². The predicted molar refractivity (Wildman–Crippen MR) is 133 cm³/mol. The summed E-state index contributed by atoms with van der Waals surface area (Å²) in [4.78, 5) is 11.7. The van der Waals surface area contributed by atoms with Crippen LogP contribution in [0.4, 0.5) is 10.2 Å². The third kappa shape index (κ3) is 7.74. The van der Waals surface area contributed by atoms with Gasteiger partial charge in [0.25, 0.3) is 0 Å². The first-order valence-electron chi connectivity index (χ1n) is 10.6. The molecule has 164 valence electrons. The smallest absolute Gasteiger partial charge is 0.191 e. The van der Waals surface area contributed by atoms with Crippen molar-refractivity contribution in [2.24, 2.45) is 4.99 Å². The van der Waals surface area contributed by atoms with Gasteiger partial charge in [0, 0.05) is 37.9 Å². The Bertz CT molecular complexity index is 806. The molecule has 1 aromatic heterocycles. The maximum atomic E-state index is 13.3. The molecule has 7 heteroatoms. The van der Waals surface area contributed by atoms with E-state index >= 15 is 0 Å². The number of pyridine rings is 1. The van der Waals surface area contributed by atoms with Crippen LogP contribution in [0.2, 0.25) is 0 Å².